The molecule has 4 nitrogen and oxygen atoms in total. The van der Waals surface area contributed by atoms with E-state index in [0.29, 0.717) is 5.69 Å². The maximum atomic E-state index is 12.1. The van der Waals surface area contributed by atoms with Crippen LogP contribution in [0.4, 0.5) is 13.2 Å². The number of rotatable bonds is 10. The van der Waals surface area contributed by atoms with Crippen LogP contribution in [-0.4, -0.2) is 23.1 Å². The molecule has 0 aromatic carbocycles. The van der Waals surface area contributed by atoms with Gasteiger partial charge in [0, 0.05) is 23.9 Å². The number of nitrogens with zero attached hydrogens (tertiary/aromatic N) is 1. The van der Waals surface area contributed by atoms with Gasteiger partial charge in [-0.1, -0.05) is 45.6 Å². The smallest absolute Gasteiger partial charge is 0.383 e. The maximum Gasteiger partial charge on any atom is 0.491 e. The number of aryl methyl sites for hydroxylation is 1. The summed E-state index contributed by atoms with van der Waals surface area (Å²) in [6, 6.07) is 3.65. The molecule has 1 rings (SSSR count). The van der Waals surface area contributed by atoms with Gasteiger partial charge in [0.25, 0.3) is 0 Å². The average Bonchev–Trinajstić information content (AvgIpc) is 2.57. The molecular formula is C19H24F3NO3. The standard InChI is InChI=1S/C19H24F3NO3/c1-3-4-5-6-7-8-9-15-10-11-23-16(13-15)12-14(2)17(24)26-18(25)19(20,21)22/h10-11,13H,2-9,12H2,1H3. The van der Waals surface area contributed by atoms with Crippen LogP contribution in [-0.2, 0) is 27.2 Å². The van der Waals surface area contributed by atoms with Crippen LogP contribution in [0.2, 0.25) is 0 Å². The minimum atomic E-state index is -5.22. The van der Waals surface area contributed by atoms with Crippen LogP contribution in [0.15, 0.2) is 30.5 Å². The first-order valence-electron chi connectivity index (χ1n) is 8.69. The Morgan fingerprint density at radius 3 is 2.46 bits per heavy atom. The van der Waals surface area contributed by atoms with Crippen LogP contribution in [0.3, 0.4) is 0 Å². The second-order valence-corrected chi connectivity index (χ2v) is 6.13. The highest BCUT2D eigenvalue weighted by molar-refractivity contribution is 5.97. The third-order valence-electron chi connectivity index (χ3n) is 3.80. The van der Waals surface area contributed by atoms with Crippen molar-refractivity contribution >= 4 is 11.9 Å². The first-order chi connectivity index (χ1) is 12.2. The van der Waals surface area contributed by atoms with Gasteiger partial charge in [0.1, 0.15) is 0 Å². The molecule has 1 aromatic rings. The number of carbonyl (C=O) groups is 2. The molecule has 0 spiro atoms. The largest absolute Gasteiger partial charge is 0.491 e. The fourth-order valence-electron chi connectivity index (χ4n) is 2.39. The summed E-state index contributed by atoms with van der Waals surface area (Å²) in [7, 11) is 0. The fraction of sp³-hybridized carbons (Fsp3) is 0.526. The fourth-order valence-corrected chi connectivity index (χ4v) is 2.39. The summed E-state index contributed by atoms with van der Waals surface area (Å²) < 4.78 is 40.1. The van der Waals surface area contributed by atoms with E-state index in [4.69, 9.17) is 0 Å². The van der Waals surface area contributed by atoms with E-state index in [1.807, 2.05) is 6.07 Å². The number of hydrogen-bond acceptors (Lipinski definition) is 4. The van der Waals surface area contributed by atoms with Crippen molar-refractivity contribution in [1.82, 2.24) is 4.98 Å². The summed E-state index contributed by atoms with van der Waals surface area (Å²) >= 11 is 0. The predicted molar refractivity (Wildman–Crippen MR) is 91.3 cm³/mol. The van der Waals surface area contributed by atoms with Crippen molar-refractivity contribution in [2.24, 2.45) is 0 Å². The molecule has 0 radical (unpaired) electrons. The Balaban J connectivity index is 2.48. The van der Waals surface area contributed by atoms with Crippen LogP contribution in [0.1, 0.15) is 56.7 Å². The topological polar surface area (TPSA) is 56.3 Å². The number of aromatic nitrogens is 1. The SMILES string of the molecule is C=C(Cc1cc(CCCCCCCC)ccn1)C(=O)OC(=O)C(F)(F)F. The molecular weight excluding hydrogens is 347 g/mol. The quantitative estimate of drug-likeness (QED) is 0.259. The molecule has 0 fully saturated rings. The first-order valence-corrected chi connectivity index (χ1v) is 8.69. The zero-order valence-corrected chi connectivity index (χ0v) is 14.9. The Morgan fingerprint density at radius 1 is 1.15 bits per heavy atom. The van der Waals surface area contributed by atoms with Gasteiger partial charge in [-0.3, -0.25) is 4.98 Å². The van der Waals surface area contributed by atoms with Gasteiger partial charge in [0.2, 0.25) is 0 Å². The lowest BCUT2D eigenvalue weighted by Crippen LogP contribution is -2.28. The molecule has 0 unspecified atom stereocenters. The lowest BCUT2D eigenvalue weighted by Gasteiger charge is -2.08. The van der Waals surface area contributed by atoms with E-state index in [0.717, 1.165) is 24.8 Å². The Morgan fingerprint density at radius 2 is 1.81 bits per heavy atom. The molecule has 0 aliphatic carbocycles. The van der Waals surface area contributed by atoms with E-state index >= 15 is 0 Å². The van der Waals surface area contributed by atoms with Gasteiger partial charge < -0.3 is 4.74 Å². The summed E-state index contributed by atoms with van der Waals surface area (Å²) in [6.07, 6.45) is 4.21. The van der Waals surface area contributed by atoms with Crippen LogP contribution in [0.25, 0.3) is 0 Å². The highest BCUT2D eigenvalue weighted by Crippen LogP contribution is 2.18. The molecule has 1 aromatic heterocycles. The molecule has 0 saturated heterocycles. The molecule has 1 heterocycles. The van der Waals surface area contributed by atoms with Crippen molar-refractivity contribution in [3.8, 4) is 0 Å². The number of hydrogen-bond donors (Lipinski definition) is 0. The molecule has 0 aliphatic heterocycles. The zero-order valence-electron chi connectivity index (χ0n) is 14.9. The summed E-state index contributed by atoms with van der Waals surface area (Å²) in [5.41, 5.74) is 1.28. The van der Waals surface area contributed by atoms with Gasteiger partial charge >= 0.3 is 18.1 Å². The number of carbonyl (C=O) groups excluding carboxylic acids is 2. The van der Waals surface area contributed by atoms with Gasteiger partial charge in [-0.25, -0.2) is 9.59 Å². The van der Waals surface area contributed by atoms with Crippen LogP contribution >= 0.6 is 0 Å². The highest BCUT2D eigenvalue weighted by Gasteiger charge is 2.42. The molecule has 26 heavy (non-hydrogen) atoms. The summed E-state index contributed by atoms with van der Waals surface area (Å²) in [4.78, 5) is 26.3. The van der Waals surface area contributed by atoms with Crippen molar-refractivity contribution in [2.45, 2.75) is 64.5 Å². The number of alkyl halides is 3. The van der Waals surface area contributed by atoms with Crippen LogP contribution in [0.5, 0.6) is 0 Å². The van der Waals surface area contributed by atoms with Crippen molar-refractivity contribution in [3.63, 3.8) is 0 Å². The van der Waals surface area contributed by atoms with Gasteiger partial charge in [0.05, 0.1) is 0 Å². The number of halogens is 3. The second-order valence-electron chi connectivity index (χ2n) is 6.13. The van der Waals surface area contributed by atoms with E-state index in [1.165, 1.54) is 25.7 Å². The Bertz CT molecular complexity index is 627. The predicted octanol–water partition coefficient (Wildman–Crippen LogP) is 4.72. The summed E-state index contributed by atoms with van der Waals surface area (Å²) in [5, 5.41) is 0. The molecule has 0 amide bonds. The molecule has 0 aliphatic rings. The van der Waals surface area contributed by atoms with Gasteiger partial charge in [-0.05, 0) is 30.5 Å². The third-order valence-corrected chi connectivity index (χ3v) is 3.80. The second kappa shape index (κ2) is 10.7. The van der Waals surface area contributed by atoms with Crippen LogP contribution in [0, 0.1) is 0 Å². The first kappa shape index (κ1) is 21.9. The number of pyridine rings is 1. The van der Waals surface area contributed by atoms with E-state index in [-0.39, 0.29) is 12.0 Å². The minimum Gasteiger partial charge on any atom is -0.383 e. The van der Waals surface area contributed by atoms with Gasteiger partial charge in [-0.2, -0.15) is 13.2 Å². The van der Waals surface area contributed by atoms with Crippen LogP contribution < -0.4 is 0 Å². The molecule has 144 valence electrons. The molecule has 0 N–H and O–H groups in total. The number of esters is 2. The molecule has 0 saturated carbocycles. The summed E-state index contributed by atoms with van der Waals surface area (Å²) in [5.74, 6) is -3.94. The monoisotopic (exact) mass is 371 g/mol. The van der Waals surface area contributed by atoms with Crippen molar-refractivity contribution in [3.05, 3.63) is 41.7 Å². The van der Waals surface area contributed by atoms with Gasteiger partial charge in [0.15, 0.2) is 0 Å². The number of unbranched alkanes of at least 4 members (excludes halogenated alkanes) is 5. The summed E-state index contributed by atoms with van der Waals surface area (Å²) in [6.45, 7) is 5.55. The maximum absolute atomic E-state index is 12.1. The average molecular weight is 371 g/mol. The normalized spacial score (nSPS) is 11.2. The Kier molecular flexibility index (Phi) is 9.02. The minimum absolute atomic E-state index is 0.0751. The molecule has 0 bridgehead atoms. The van der Waals surface area contributed by atoms with E-state index in [2.05, 4.69) is 23.2 Å². The Labute approximate surface area is 151 Å². The van der Waals surface area contributed by atoms with E-state index in [9.17, 15) is 22.8 Å². The van der Waals surface area contributed by atoms with Crippen molar-refractivity contribution < 1.29 is 27.5 Å². The van der Waals surface area contributed by atoms with E-state index in [1.54, 1.807) is 12.3 Å². The molecule has 7 heteroatoms. The highest BCUT2D eigenvalue weighted by atomic mass is 19.4. The van der Waals surface area contributed by atoms with Gasteiger partial charge in [-0.15, -0.1) is 0 Å². The lowest BCUT2D eigenvalue weighted by atomic mass is 10.0. The Hall–Kier alpha value is -2.18. The van der Waals surface area contributed by atoms with Crippen molar-refractivity contribution in [2.75, 3.05) is 0 Å². The lowest BCUT2D eigenvalue weighted by molar-refractivity contribution is -0.200. The third kappa shape index (κ3) is 8.27. The number of ether oxygens (including phenoxy) is 1. The zero-order chi connectivity index (χ0) is 19.6. The molecule has 0 atom stereocenters. The van der Waals surface area contributed by atoms with E-state index < -0.39 is 18.1 Å². The van der Waals surface area contributed by atoms with Crippen molar-refractivity contribution in [1.29, 1.82) is 0 Å².